The fourth-order valence-electron chi connectivity index (χ4n) is 2.94. The van der Waals surface area contributed by atoms with Crippen LogP contribution in [0, 0.1) is 11.8 Å². The minimum atomic E-state index is -2.16. The van der Waals surface area contributed by atoms with Gasteiger partial charge >= 0.3 is 0 Å². The molecule has 5 heteroatoms. The zero-order chi connectivity index (χ0) is 19.5. The van der Waals surface area contributed by atoms with Crippen LogP contribution in [0.25, 0.3) is 0 Å². The Morgan fingerprint density at radius 2 is 1.68 bits per heavy atom. The summed E-state index contributed by atoms with van der Waals surface area (Å²) in [6.45, 7) is 10.6. The molecule has 0 aromatic heterocycles. The smallest absolute Gasteiger partial charge is 0.176 e. The highest BCUT2D eigenvalue weighted by Gasteiger charge is 2.58. The van der Waals surface area contributed by atoms with Crippen molar-refractivity contribution >= 4 is 11.6 Å². The van der Waals surface area contributed by atoms with Crippen molar-refractivity contribution in [3.8, 4) is 0 Å². The van der Waals surface area contributed by atoms with E-state index >= 15 is 0 Å². The fourth-order valence-corrected chi connectivity index (χ4v) is 2.94. The minimum absolute atomic E-state index is 0.0741. The van der Waals surface area contributed by atoms with Crippen molar-refractivity contribution in [3.05, 3.63) is 34.6 Å². The molecular formula is C20H30O5. The zero-order valence-corrected chi connectivity index (χ0v) is 16.0. The average Bonchev–Trinajstić information content (AvgIpc) is 2.69. The van der Waals surface area contributed by atoms with Crippen molar-refractivity contribution in [1.29, 1.82) is 0 Å². The van der Waals surface area contributed by atoms with Crippen LogP contribution >= 0.6 is 0 Å². The van der Waals surface area contributed by atoms with Crippen LogP contribution in [0.4, 0.5) is 0 Å². The molecule has 25 heavy (non-hydrogen) atoms. The van der Waals surface area contributed by atoms with Gasteiger partial charge in [0.1, 0.15) is 11.3 Å². The van der Waals surface area contributed by atoms with E-state index in [1.54, 1.807) is 26.0 Å². The summed E-state index contributed by atoms with van der Waals surface area (Å²) >= 11 is 0. The first-order chi connectivity index (χ1) is 11.4. The Bertz CT molecular complexity index is 630. The standard InChI is InChI=1S/C20H30O5/c1-11(2)7-9-14-18(23)16(17(22)13(5)6)19(24)20(14,25)15(21)10-8-12(3)4/h7-8,13-15,21,24-25H,9-10H2,1-6H3/t14-,15+,20-/m1/s1. The van der Waals surface area contributed by atoms with Crippen molar-refractivity contribution in [3.63, 3.8) is 0 Å². The molecule has 0 fully saturated rings. The van der Waals surface area contributed by atoms with E-state index in [0.29, 0.717) is 0 Å². The highest BCUT2D eigenvalue weighted by Crippen LogP contribution is 2.43. The monoisotopic (exact) mass is 350 g/mol. The van der Waals surface area contributed by atoms with Crippen LogP contribution in [-0.4, -0.2) is 38.6 Å². The van der Waals surface area contributed by atoms with Crippen LogP contribution in [0.5, 0.6) is 0 Å². The van der Waals surface area contributed by atoms with Gasteiger partial charge in [-0.15, -0.1) is 0 Å². The molecule has 0 unspecified atom stereocenters. The lowest BCUT2D eigenvalue weighted by Gasteiger charge is -2.33. The van der Waals surface area contributed by atoms with Gasteiger partial charge in [0, 0.05) is 5.92 Å². The summed E-state index contributed by atoms with van der Waals surface area (Å²) in [6.07, 6.45) is 2.31. The predicted molar refractivity (Wildman–Crippen MR) is 97.0 cm³/mol. The van der Waals surface area contributed by atoms with Crippen LogP contribution in [0.15, 0.2) is 34.6 Å². The van der Waals surface area contributed by atoms with Gasteiger partial charge in [0.05, 0.1) is 12.0 Å². The molecular weight excluding hydrogens is 320 g/mol. The highest BCUT2D eigenvalue weighted by molar-refractivity contribution is 6.24. The van der Waals surface area contributed by atoms with E-state index < -0.39 is 40.9 Å². The first-order valence-electron chi connectivity index (χ1n) is 8.63. The first kappa shape index (κ1) is 21.3. The molecule has 0 heterocycles. The Labute approximate surface area is 149 Å². The van der Waals surface area contributed by atoms with E-state index in [1.165, 1.54) is 0 Å². The van der Waals surface area contributed by atoms with Gasteiger partial charge in [-0.3, -0.25) is 9.59 Å². The lowest BCUT2D eigenvalue weighted by molar-refractivity contribution is -0.134. The second kappa shape index (κ2) is 8.11. The Morgan fingerprint density at radius 1 is 1.16 bits per heavy atom. The molecule has 0 aromatic rings. The van der Waals surface area contributed by atoms with Crippen molar-refractivity contribution in [2.45, 2.75) is 66.1 Å². The summed E-state index contributed by atoms with van der Waals surface area (Å²) in [5.41, 5.74) is -0.651. The molecule has 5 nitrogen and oxygen atoms in total. The Morgan fingerprint density at radius 3 is 2.12 bits per heavy atom. The summed E-state index contributed by atoms with van der Waals surface area (Å²) in [4.78, 5) is 25.1. The molecule has 140 valence electrons. The Balaban J connectivity index is 3.42. The SMILES string of the molecule is CC(C)=CC[C@@H]1C(=O)C(C(=O)C(C)C)=C(O)[C@]1(O)[C@@H](O)CC=C(C)C. The number of rotatable bonds is 7. The normalized spacial score (nSPS) is 24.5. The summed E-state index contributed by atoms with van der Waals surface area (Å²) in [7, 11) is 0. The molecule has 0 amide bonds. The molecule has 0 bridgehead atoms. The number of hydrogen-bond acceptors (Lipinski definition) is 5. The van der Waals surface area contributed by atoms with E-state index in [4.69, 9.17) is 0 Å². The molecule has 1 aliphatic rings. The molecule has 0 saturated heterocycles. The molecule has 3 N–H and O–H groups in total. The van der Waals surface area contributed by atoms with Crippen molar-refractivity contribution in [1.82, 2.24) is 0 Å². The third kappa shape index (κ3) is 4.28. The third-order valence-electron chi connectivity index (χ3n) is 4.50. The highest BCUT2D eigenvalue weighted by atomic mass is 16.4. The number of hydrogen-bond donors (Lipinski definition) is 3. The van der Waals surface area contributed by atoms with Crippen molar-refractivity contribution < 1.29 is 24.9 Å². The Kier molecular flexibility index (Phi) is 6.91. The van der Waals surface area contributed by atoms with Crippen molar-refractivity contribution in [2.24, 2.45) is 11.8 Å². The van der Waals surface area contributed by atoms with Gasteiger partial charge in [0.25, 0.3) is 0 Å². The number of Topliss-reactive ketones (excluding diaryl/α,β-unsaturated/α-hetero) is 2. The fraction of sp³-hybridized carbons (Fsp3) is 0.600. The number of carbonyl (C=O) groups excluding carboxylic acids is 2. The van der Waals surface area contributed by atoms with Gasteiger partial charge in [0.15, 0.2) is 17.2 Å². The summed E-state index contributed by atoms with van der Waals surface area (Å²) in [6, 6.07) is 0. The van der Waals surface area contributed by atoms with Gasteiger partial charge in [0.2, 0.25) is 0 Å². The van der Waals surface area contributed by atoms with Crippen LogP contribution in [0.2, 0.25) is 0 Å². The van der Waals surface area contributed by atoms with Gasteiger partial charge in [-0.1, -0.05) is 37.1 Å². The molecule has 0 aromatic carbocycles. The Hall–Kier alpha value is -1.72. The van der Waals surface area contributed by atoms with Crippen LogP contribution in [0.3, 0.4) is 0 Å². The minimum Gasteiger partial charge on any atom is -0.508 e. The third-order valence-corrected chi connectivity index (χ3v) is 4.50. The average molecular weight is 350 g/mol. The van der Waals surface area contributed by atoms with E-state index in [2.05, 4.69) is 0 Å². The van der Waals surface area contributed by atoms with E-state index in [9.17, 15) is 24.9 Å². The van der Waals surface area contributed by atoms with Gasteiger partial charge in [-0.25, -0.2) is 0 Å². The first-order valence-corrected chi connectivity index (χ1v) is 8.63. The maximum absolute atomic E-state index is 12.8. The lowest BCUT2D eigenvalue weighted by atomic mass is 9.80. The lowest BCUT2D eigenvalue weighted by Crippen LogP contribution is -2.49. The second-order valence-corrected chi connectivity index (χ2v) is 7.53. The molecule has 1 aliphatic carbocycles. The summed E-state index contributed by atoms with van der Waals surface area (Å²) in [5, 5.41) is 32.2. The molecule has 1 rings (SSSR count). The molecule has 0 spiro atoms. The van der Waals surface area contributed by atoms with Crippen molar-refractivity contribution in [2.75, 3.05) is 0 Å². The van der Waals surface area contributed by atoms with E-state index in [1.807, 2.05) is 27.7 Å². The molecule has 0 radical (unpaired) electrons. The van der Waals surface area contributed by atoms with Gasteiger partial charge in [-0.2, -0.15) is 0 Å². The summed E-state index contributed by atoms with van der Waals surface area (Å²) < 4.78 is 0. The van der Waals surface area contributed by atoms with E-state index in [0.717, 1.165) is 11.1 Å². The van der Waals surface area contributed by atoms with Crippen LogP contribution < -0.4 is 0 Å². The maximum Gasteiger partial charge on any atom is 0.176 e. The van der Waals surface area contributed by atoms with Gasteiger partial charge < -0.3 is 15.3 Å². The number of aliphatic hydroxyl groups is 3. The van der Waals surface area contributed by atoms with Crippen LogP contribution in [-0.2, 0) is 9.59 Å². The van der Waals surface area contributed by atoms with Gasteiger partial charge in [-0.05, 0) is 40.5 Å². The second-order valence-electron chi connectivity index (χ2n) is 7.53. The number of ketones is 2. The van der Waals surface area contributed by atoms with Crippen LogP contribution in [0.1, 0.15) is 54.4 Å². The predicted octanol–water partition coefficient (Wildman–Crippen LogP) is 3.03. The maximum atomic E-state index is 12.8. The molecule has 3 atom stereocenters. The largest absolute Gasteiger partial charge is 0.508 e. The summed E-state index contributed by atoms with van der Waals surface area (Å²) in [5.74, 6) is -3.40. The number of carbonyl (C=O) groups is 2. The zero-order valence-electron chi connectivity index (χ0n) is 16.0. The topological polar surface area (TPSA) is 94.8 Å². The number of aliphatic hydroxyl groups excluding tert-OH is 2. The van der Waals surface area contributed by atoms with E-state index in [-0.39, 0.29) is 18.4 Å². The number of allylic oxidation sites excluding steroid dienone is 4. The quantitative estimate of drug-likeness (QED) is 0.484. The molecule has 0 aliphatic heterocycles. The molecule has 0 saturated carbocycles.